The first-order valence-electron chi connectivity index (χ1n) is 5.07. The average Bonchev–Trinajstić information content (AvgIpc) is 2.34. The van der Waals surface area contributed by atoms with Crippen LogP contribution < -0.4 is 10.1 Å². The van der Waals surface area contributed by atoms with Crippen molar-refractivity contribution >= 4 is 27.9 Å². The molecule has 0 bridgehead atoms. The normalized spacial score (nSPS) is 10.5. The Morgan fingerprint density at radius 3 is 2.94 bits per heavy atom. The number of rotatable bonds is 5. The summed E-state index contributed by atoms with van der Waals surface area (Å²) >= 11 is 3.36. The van der Waals surface area contributed by atoms with Gasteiger partial charge in [-0.25, -0.2) is 0 Å². The Bertz CT molecular complexity index is 418. The van der Waals surface area contributed by atoms with Gasteiger partial charge in [0.15, 0.2) is 0 Å². The standard InChI is InChI=1S/C12H14BrNO3/c1-17-11-4-2-9(8-10(11)13)3-5-12(16)14-6-7-15/h2-5,8,15H,6-7H2,1H3,(H,14,16). The molecule has 0 radical (unpaired) electrons. The fourth-order valence-corrected chi connectivity index (χ4v) is 1.75. The van der Waals surface area contributed by atoms with E-state index in [1.807, 2.05) is 18.2 Å². The maximum Gasteiger partial charge on any atom is 0.244 e. The number of amides is 1. The lowest BCUT2D eigenvalue weighted by Crippen LogP contribution is -2.24. The summed E-state index contributed by atoms with van der Waals surface area (Å²) in [5, 5.41) is 11.1. The predicted molar refractivity (Wildman–Crippen MR) is 69.8 cm³/mol. The fourth-order valence-electron chi connectivity index (χ4n) is 1.20. The van der Waals surface area contributed by atoms with Gasteiger partial charge in [0.05, 0.1) is 18.2 Å². The zero-order valence-corrected chi connectivity index (χ0v) is 11.0. The summed E-state index contributed by atoms with van der Waals surface area (Å²) in [6.45, 7) is 0.198. The van der Waals surface area contributed by atoms with Crippen molar-refractivity contribution < 1.29 is 14.6 Å². The number of aliphatic hydroxyl groups is 1. The molecule has 0 heterocycles. The molecule has 0 spiro atoms. The summed E-state index contributed by atoms with van der Waals surface area (Å²) in [6, 6.07) is 5.52. The van der Waals surface area contributed by atoms with E-state index in [4.69, 9.17) is 9.84 Å². The number of hydrogen-bond donors (Lipinski definition) is 2. The summed E-state index contributed by atoms with van der Waals surface area (Å²) < 4.78 is 5.93. The van der Waals surface area contributed by atoms with E-state index in [1.54, 1.807) is 13.2 Å². The van der Waals surface area contributed by atoms with Crippen LogP contribution in [-0.4, -0.2) is 31.3 Å². The SMILES string of the molecule is COc1ccc(C=CC(=O)NCCO)cc1Br. The number of ether oxygens (including phenoxy) is 1. The van der Waals surface area contributed by atoms with E-state index in [-0.39, 0.29) is 19.1 Å². The Hall–Kier alpha value is -1.33. The summed E-state index contributed by atoms with van der Waals surface area (Å²) in [6.07, 6.45) is 3.11. The number of carbonyl (C=O) groups excluding carboxylic acids is 1. The minimum Gasteiger partial charge on any atom is -0.496 e. The second-order valence-electron chi connectivity index (χ2n) is 3.24. The number of methoxy groups -OCH3 is 1. The number of nitrogens with one attached hydrogen (secondary N) is 1. The van der Waals surface area contributed by atoms with Crippen LogP contribution in [0.5, 0.6) is 5.75 Å². The molecule has 0 aromatic heterocycles. The highest BCUT2D eigenvalue weighted by molar-refractivity contribution is 9.10. The van der Waals surface area contributed by atoms with Crippen LogP contribution in [0.3, 0.4) is 0 Å². The van der Waals surface area contributed by atoms with Gasteiger partial charge in [-0.3, -0.25) is 4.79 Å². The van der Waals surface area contributed by atoms with Crippen molar-refractivity contribution in [3.8, 4) is 5.75 Å². The molecule has 92 valence electrons. The molecule has 0 aliphatic carbocycles. The van der Waals surface area contributed by atoms with Gasteiger partial charge in [-0.1, -0.05) is 6.07 Å². The summed E-state index contributed by atoms with van der Waals surface area (Å²) in [5.74, 6) is 0.512. The lowest BCUT2D eigenvalue weighted by molar-refractivity contribution is -0.116. The monoisotopic (exact) mass is 299 g/mol. The zero-order chi connectivity index (χ0) is 12.7. The Morgan fingerprint density at radius 2 is 2.35 bits per heavy atom. The molecule has 0 unspecified atom stereocenters. The van der Waals surface area contributed by atoms with E-state index < -0.39 is 0 Å². The maximum absolute atomic E-state index is 11.2. The quantitative estimate of drug-likeness (QED) is 0.812. The number of aliphatic hydroxyl groups excluding tert-OH is 1. The van der Waals surface area contributed by atoms with Crippen LogP contribution in [0.1, 0.15) is 5.56 Å². The Labute approximate surface area is 108 Å². The van der Waals surface area contributed by atoms with Crippen LogP contribution in [0, 0.1) is 0 Å². The van der Waals surface area contributed by atoms with Crippen LogP contribution >= 0.6 is 15.9 Å². The van der Waals surface area contributed by atoms with Gasteiger partial charge < -0.3 is 15.2 Å². The molecule has 17 heavy (non-hydrogen) atoms. The molecule has 1 aromatic rings. The largest absolute Gasteiger partial charge is 0.496 e. The second-order valence-corrected chi connectivity index (χ2v) is 4.10. The van der Waals surface area contributed by atoms with Gasteiger partial charge in [0.25, 0.3) is 0 Å². The summed E-state index contributed by atoms with van der Waals surface area (Å²) in [7, 11) is 1.60. The average molecular weight is 300 g/mol. The van der Waals surface area contributed by atoms with Crippen molar-refractivity contribution in [3.63, 3.8) is 0 Å². The van der Waals surface area contributed by atoms with Gasteiger partial charge in [0, 0.05) is 12.6 Å². The molecule has 1 aromatic carbocycles. The number of carbonyl (C=O) groups is 1. The molecule has 0 saturated heterocycles. The number of halogens is 1. The van der Waals surface area contributed by atoms with Crippen molar-refractivity contribution in [2.45, 2.75) is 0 Å². The minimum absolute atomic E-state index is 0.0618. The topological polar surface area (TPSA) is 58.6 Å². The van der Waals surface area contributed by atoms with Crippen molar-refractivity contribution in [2.75, 3.05) is 20.3 Å². The van der Waals surface area contributed by atoms with Gasteiger partial charge in [-0.05, 0) is 39.7 Å². The number of benzene rings is 1. The van der Waals surface area contributed by atoms with Gasteiger partial charge in [0.2, 0.25) is 5.91 Å². The van der Waals surface area contributed by atoms with E-state index in [9.17, 15) is 4.79 Å². The molecular weight excluding hydrogens is 286 g/mol. The van der Waals surface area contributed by atoms with Crippen LogP contribution in [0.25, 0.3) is 6.08 Å². The zero-order valence-electron chi connectivity index (χ0n) is 9.44. The molecule has 1 amide bonds. The van der Waals surface area contributed by atoms with Crippen molar-refractivity contribution in [1.82, 2.24) is 5.32 Å². The molecule has 0 aliphatic heterocycles. The predicted octanol–water partition coefficient (Wildman–Crippen LogP) is 1.58. The lowest BCUT2D eigenvalue weighted by Gasteiger charge is -2.03. The molecule has 4 nitrogen and oxygen atoms in total. The van der Waals surface area contributed by atoms with Crippen LogP contribution in [0.4, 0.5) is 0 Å². The highest BCUT2D eigenvalue weighted by Crippen LogP contribution is 2.25. The van der Waals surface area contributed by atoms with E-state index in [0.29, 0.717) is 0 Å². The molecular formula is C12H14BrNO3. The third-order valence-corrected chi connectivity index (χ3v) is 2.63. The third kappa shape index (κ3) is 4.58. The molecule has 2 N–H and O–H groups in total. The van der Waals surface area contributed by atoms with Gasteiger partial charge in [-0.15, -0.1) is 0 Å². The first-order chi connectivity index (χ1) is 8.17. The Kier molecular flexibility index (Phi) is 5.72. The lowest BCUT2D eigenvalue weighted by atomic mass is 10.2. The number of hydrogen-bond acceptors (Lipinski definition) is 3. The van der Waals surface area contributed by atoms with Crippen molar-refractivity contribution in [2.24, 2.45) is 0 Å². The van der Waals surface area contributed by atoms with E-state index in [0.717, 1.165) is 15.8 Å². The second kappa shape index (κ2) is 7.09. The Morgan fingerprint density at radius 1 is 1.59 bits per heavy atom. The summed E-state index contributed by atoms with van der Waals surface area (Å²) in [5.41, 5.74) is 0.886. The van der Waals surface area contributed by atoms with Crippen LogP contribution in [0.2, 0.25) is 0 Å². The third-order valence-electron chi connectivity index (χ3n) is 2.01. The molecule has 1 rings (SSSR count). The van der Waals surface area contributed by atoms with E-state index in [1.165, 1.54) is 6.08 Å². The van der Waals surface area contributed by atoms with Gasteiger partial charge >= 0.3 is 0 Å². The van der Waals surface area contributed by atoms with Crippen LogP contribution in [0.15, 0.2) is 28.7 Å². The van der Waals surface area contributed by atoms with Gasteiger partial charge in [-0.2, -0.15) is 0 Å². The first-order valence-corrected chi connectivity index (χ1v) is 5.87. The maximum atomic E-state index is 11.2. The smallest absolute Gasteiger partial charge is 0.244 e. The highest BCUT2D eigenvalue weighted by atomic mass is 79.9. The van der Waals surface area contributed by atoms with Crippen molar-refractivity contribution in [1.29, 1.82) is 0 Å². The molecule has 5 heteroatoms. The fraction of sp³-hybridized carbons (Fsp3) is 0.250. The van der Waals surface area contributed by atoms with Gasteiger partial charge in [0.1, 0.15) is 5.75 Å². The van der Waals surface area contributed by atoms with Crippen molar-refractivity contribution in [3.05, 3.63) is 34.3 Å². The Balaban J connectivity index is 2.65. The molecule has 0 aliphatic rings. The van der Waals surface area contributed by atoms with Crippen LogP contribution in [-0.2, 0) is 4.79 Å². The molecule has 0 atom stereocenters. The highest BCUT2D eigenvalue weighted by Gasteiger charge is 1.99. The van der Waals surface area contributed by atoms with E-state index >= 15 is 0 Å². The first kappa shape index (κ1) is 13.7. The molecule has 0 fully saturated rings. The summed E-state index contributed by atoms with van der Waals surface area (Å²) in [4.78, 5) is 11.2. The van der Waals surface area contributed by atoms with E-state index in [2.05, 4.69) is 21.2 Å². The minimum atomic E-state index is -0.231. The molecule has 0 saturated carbocycles.